The van der Waals surface area contributed by atoms with Gasteiger partial charge in [-0.25, -0.2) is 8.42 Å². The van der Waals surface area contributed by atoms with E-state index in [-0.39, 0.29) is 65.7 Å². The van der Waals surface area contributed by atoms with Crippen molar-refractivity contribution in [2.45, 2.75) is 6.42 Å². The van der Waals surface area contributed by atoms with E-state index in [2.05, 4.69) is 11.3 Å². The third kappa shape index (κ3) is 13.0. The van der Waals surface area contributed by atoms with Crippen LogP contribution in [0.25, 0.3) is 0 Å². The molecule has 10 heteroatoms. The number of carbonyl (C=O) groups excluding carboxylic acids is 2. The van der Waals surface area contributed by atoms with Crippen LogP contribution in [0.15, 0.2) is 12.7 Å². The number of carboxylic acids is 1. The van der Waals surface area contributed by atoms with Crippen molar-refractivity contribution in [3.8, 4) is 0 Å². The molecule has 0 aromatic heterocycles. The maximum Gasteiger partial charge on any atom is 1.00 e. The van der Waals surface area contributed by atoms with Crippen LogP contribution in [0.1, 0.15) is 6.42 Å². The van der Waals surface area contributed by atoms with E-state index in [1.54, 1.807) is 0 Å². The third-order valence-corrected chi connectivity index (χ3v) is 2.31. The Labute approximate surface area is 149 Å². The molecule has 0 N–H and O–H groups in total. The van der Waals surface area contributed by atoms with Crippen LogP contribution in [0.2, 0.25) is 0 Å². The molecule has 92 valence electrons. The summed E-state index contributed by atoms with van der Waals surface area (Å²) in [6.45, 7) is 3.05. The van der Waals surface area contributed by atoms with Gasteiger partial charge >= 0.3 is 65.1 Å². The minimum absolute atomic E-state index is 0. The first-order chi connectivity index (χ1) is 7.26. The van der Waals surface area contributed by atoms with Crippen LogP contribution < -0.4 is 64.2 Å². The predicted octanol–water partition coefficient (Wildman–Crippen LogP) is -7.98. The molecule has 18 heavy (non-hydrogen) atoms. The van der Waals surface area contributed by atoms with Gasteiger partial charge in [0, 0.05) is 12.4 Å². The monoisotopic (exact) mass is 296 g/mol. The fourth-order valence-corrected chi connectivity index (χ4v) is 1.66. The van der Waals surface area contributed by atoms with Crippen LogP contribution in [-0.2, 0) is 24.4 Å². The van der Waals surface area contributed by atoms with E-state index in [1.165, 1.54) is 6.08 Å². The number of carbonyl (C=O) groups is 2. The molecule has 0 aliphatic carbocycles. The maximum absolute atomic E-state index is 11.2. The van der Waals surface area contributed by atoms with Crippen LogP contribution >= 0.6 is 0 Å². The molecule has 0 amide bonds. The largest absolute Gasteiger partial charge is 1.00 e. The van der Waals surface area contributed by atoms with Crippen LogP contribution in [-0.4, -0.2) is 37.3 Å². The fourth-order valence-electron chi connectivity index (χ4n) is 0.917. The summed E-state index contributed by atoms with van der Waals surface area (Å²) in [5.41, 5.74) is 0. The van der Waals surface area contributed by atoms with Gasteiger partial charge in [-0.1, -0.05) is 12.7 Å². The molecule has 0 heterocycles. The van der Waals surface area contributed by atoms with Gasteiger partial charge in [0.1, 0.15) is 6.61 Å². The summed E-state index contributed by atoms with van der Waals surface area (Å²) in [5.74, 6) is -5.39. The second-order valence-corrected chi connectivity index (χ2v) is 4.36. The summed E-state index contributed by atoms with van der Waals surface area (Å²) in [7, 11) is -4.71. The number of aliphatic carboxylic acids is 1. The molecule has 0 aromatic rings. The molecular weight excluding hydrogens is 286 g/mol. The quantitative estimate of drug-likeness (QED) is 0.198. The van der Waals surface area contributed by atoms with E-state index in [0.717, 1.165) is 0 Å². The van der Waals surface area contributed by atoms with E-state index in [4.69, 9.17) is 0 Å². The number of rotatable bonds is 7. The second-order valence-electron chi connectivity index (χ2n) is 2.92. The summed E-state index contributed by atoms with van der Waals surface area (Å²) >= 11 is 0. The Morgan fingerprint density at radius 1 is 1.33 bits per heavy atom. The molecular formula is C8H10Na2O7S. The van der Waals surface area contributed by atoms with Crippen molar-refractivity contribution in [3.05, 3.63) is 12.7 Å². The molecule has 1 atom stereocenters. The summed E-state index contributed by atoms with van der Waals surface area (Å²) < 4.78 is 35.7. The minimum atomic E-state index is -4.71. The van der Waals surface area contributed by atoms with Gasteiger partial charge in [-0.2, -0.15) is 0 Å². The van der Waals surface area contributed by atoms with Crippen molar-refractivity contribution in [2.24, 2.45) is 5.92 Å². The number of esters is 1. The molecule has 0 aliphatic heterocycles. The summed E-state index contributed by atoms with van der Waals surface area (Å²) in [6.07, 6.45) is 0.344. The molecule has 0 saturated carbocycles. The molecule has 0 radical (unpaired) electrons. The van der Waals surface area contributed by atoms with Crippen molar-refractivity contribution in [1.29, 1.82) is 0 Å². The number of hydrogen-bond donors (Lipinski definition) is 0. The van der Waals surface area contributed by atoms with Crippen LogP contribution in [0.4, 0.5) is 0 Å². The molecule has 0 aromatic carbocycles. The minimum Gasteiger partial charge on any atom is -0.748 e. The zero-order valence-corrected chi connectivity index (χ0v) is 15.1. The molecule has 0 spiro atoms. The van der Waals surface area contributed by atoms with Crippen molar-refractivity contribution in [3.63, 3.8) is 0 Å². The fraction of sp³-hybridized carbons (Fsp3) is 0.500. The molecule has 0 bridgehead atoms. The molecule has 0 saturated heterocycles. The van der Waals surface area contributed by atoms with Gasteiger partial charge in [-0.3, -0.25) is 4.79 Å². The van der Waals surface area contributed by atoms with E-state index in [1.807, 2.05) is 0 Å². The van der Waals surface area contributed by atoms with Gasteiger partial charge in [0.05, 0.1) is 21.8 Å². The van der Waals surface area contributed by atoms with Gasteiger partial charge in [-0.05, 0) is 0 Å². The zero-order chi connectivity index (χ0) is 12.8. The third-order valence-electron chi connectivity index (χ3n) is 1.50. The Morgan fingerprint density at radius 2 is 1.83 bits per heavy atom. The summed E-state index contributed by atoms with van der Waals surface area (Å²) in [6, 6.07) is 0. The molecule has 0 rings (SSSR count). The first kappa shape index (κ1) is 23.7. The SMILES string of the molecule is C=CCOC(=O)C(CC(=O)[O-])CS(=O)(=O)[O-].[Na+].[Na+]. The number of hydrogen-bond acceptors (Lipinski definition) is 7. The number of ether oxygens (including phenoxy) is 1. The Bertz CT molecular complexity index is 379. The smallest absolute Gasteiger partial charge is 0.748 e. The van der Waals surface area contributed by atoms with Crippen LogP contribution in [0, 0.1) is 5.92 Å². The van der Waals surface area contributed by atoms with E-state index in [0.29, 0.717) is 0 Å². The second kappa shape index (κ2) is 11.4. The van der Waals surface area contributed by atoms with E-state index >= 15 is 0 Å². The van der Waals surface area contributed by atoms with Gasteiger partial charge in [0.25, 0.3) is 0 Å². The average Bonchev–Trinajstić information content (AvgIpc) is 2.10. The maximum atomic E-state index is 11.2. The van der Waals surface area contributed by atoms with Crippen molar-refractivity contribution in [1.82, 2.24) is 0 Å². The van der Waals surface area contributed by atoms with Gasteiger partial charge < -0.3 is 19.2 Å². The topological polar surface area (TPSA) is 124 Å². The zero-order valence-electron chi connectivity index (χ0n) is 10.2. The van der Waals surface area contributed by atoms with Crippen LogP contribution in [0.3, 0.4) is 0 Å². The molecule has 7 nitrogen and oxygen atoms in total. The average molecular weight is 296 g/mol. The molecule has 1 unspecified atom stereocenters. The molecule has 0 aliphatic rings. The Kier molecular flexibility index (Phi) is 15.0. The summed E-state index contributed by atoms with van der Waals surface area (Å²) in [4.78, 5) is 21.4. The summed E-state index contributed by atoms with van der Waals surface area (Å²) in [5, 5.41) is 10.2. The normalized spacial score (nSPS) is 11.4. The first-order valence-corrected chi connectivity index (χ1v) is 5.75. The van der Waals surface area contributed by atoms with E-state index < -0.39 is 40.1 Å². The van der Waals surface area contributed by atoms with Crippen molar-refractivity contribution < 1.29 is 91.5 Å². The Hall–Kier alpha value is 0.590. The standard InChI is InChI=1S/C8H12O7S.2Na/c1-2-3-15-8(11)6(4-7(9)10)5-16(12,13)14;;/h2,6H,1,3-5H2,(H,9,10)(H,12,13,14);;/q;2*+1/p-2. The van der Waals surface area contributed by atoms with Gasteiger partial charge in [0.2, 0.25) is 0 Å². The van der Waals surface area contributed by atoms with Gasteiger partial charge in [-0.15, -0.1) is 0 Å². The number of carboxylic acid groups (broad SMARTS) is 1. The van der Waals surface area contributed by atoms with Crippen molar-refractivity contribution >= 4 is 22.1 Å². The van der Waals surface area contributed by atoms with Crippen molar-refractivity contribution in [2.75, 3.05) is 12.4 Å². The molecule has 0 fully saturated rings. The Balaban J connectivity index is -0.00000112. The first-order valence-electron chi connectivity index (χ1n) is 4.17. The van der Waals surface area contributed by atoms with E-state index in [9.17, 15) is 27.7 Å². The Morgan fingerprint density at radius 3 is 2.17 bits per heavy atom. The predicted molar refractivity (Wildman–Crippen MR) is 48.8 cm³/mol. The van der Waals surface area contributed by atoms with Crippen LogP contribution in [0.5, 0.6) is 0 Å². The van der Waals surface area contributed by atoms with Gasteiger partial charge in [0.15, 0.2) is 0 Å².